The average molecular weight is 264 g/mol. The summed E-state index contributed by atoms with van der Waals surface area (Å²) in [5.41, 5.74) is -0.219. The molecule has 0 radical (unpaired) electrons. The van der Waals surface area contributed by atoms with Gasteiger partial charge in [0.25, 0.3) is 0 Å². The highest BCUT2D eigenvalue weighted by molar-refractivity contribution is 7.48. The van der Waals surface area contributed by atoms with Gasteiger partial charge in [-0.15, -0.1) is 0 Å². The summed E-state index contributed by atoms with van der Waals surface area (Å²) in [4.78, 5) is 30.8. The van der Waals surface area contributed by atoms with E-state index in [1.807, 2.05) is 0 Å². The Kier molecular flexibility index (Phi) is 5.81. The van der Waals surface area contributed by atoms with Gasteiger partial charge in [-0.1, -0.05) is 13.2 Å². The first-order chi connectivity index (χ1) is 7.68. The predicted molar refractivity (Wildman–Crippen MR) is 57.6 cm³/mol. The zero-order valence-electron chi connectivity index (χ0n) is 9.16. The van der Waals surface area contributed by atoms with E-state index in [2.05, 4.69) is 22.2 Å². The first-order valence-electron chi connectivity index (χ1n) is 4.46. The van der Waals surface area contributed by atoms with Crippen molar-refractivity contribution in [1.29, 1.82) is 0 Å². The number of carbonyl (C=O) groups excluding carboxylic acids is 2. The largest absolute Gasteiger partial charge is 0.589 e. The number of rotatable bonds is 6. The zero-order valence-corrected chi connectivity index (χ0v) is 10.1. The summed E-state index contributed by atoms with van der Waals surface area (Å²) in [5, 5.41) is 8.95. The van der Waals surface area contributed by atoms with Gasteiger partial charge in [-0.2, -0.15) is 0 Å². The summed E-state index contributed by atoms with van der Waals surface area (Å²) in [6.45, 7) is 7.65. The lowest BCUT2D eigenvalue weighted by Crippen LogP contribution is -2.12. The van der Waals surface area contributed by atoms with Gasteiger partial charge in [0.1, 0.15) is 0 Å². The minimum absolute atomic E-state index is 0.131. The fraction of sp³-hybridized carbons (Fsp3) is 0.333. The molecule has 0 spiro atoms. The van der Waals surface area contributed by atoms with E-state index in [0.717, 1.165) is 0 Å². The molecule has 0 aliphatic rings. The second kappa shape index (κ2) is 6.34. The lowest BCUT2D eigenvalue weighted by molar-refractivity contribution is -0.135. The topological polar surface area (TPSA) is 110 Å². The molecular formula is C9H13O7P. The molecule has 0 bridgehead atoms. The molecule has 17 heavy (non-hydrogen) atoms. The number of aliphatic hydroxyl groups is 1. The highest BCUT2D eigenvalue weighted by Gasteiger charge is 2.30. The number of hydrogen-bond acceptors (Lipinski definition) is 6. The fourth-order valence-electron chi connectivity index (χ4n) is 0.779. The molecule has 0 heterocycles. The highest BCUT2D eigenvalue weighted by atomic mass is 31.2. The van der Waals surface area contributed by atoms with Crippen molar-refractivity contribution in [1.82, 2.24) is 0 Å². The van der Waals surface area contributed by atoms with Crippen molar-refractivity contribution in [3.8, 4) is 0 Å². The van der Waals surface area contributed by atoms with Crippen LogP contribution in [0.25, 0.3) is 0 Å². The van der Waals surface area contributed by atoms with Gasteiger partial charge >= 0.3 is 19.8 Å². The molecule has 0 aliphatic carbocycles. The number of carbonyl (C=O) groups is 2. The first-order valence-corrected chi connectivity index (χ1v) is 5.96. The number of hydrogen-bond donors (Lipinski definition) is 2. The quantitative estimate of drug-likeness (QED) is 0.536. The van der Waals surface area contributed by atoms with E-state index in [1.54, 1.807) is 0 Å². The summed E-state index contributed by atoms with van der Waals surface area (Å²) in [6.07, 6.45) is -0.348. The zero-order chi connectivity index (χ0) is 13.6. The van der Waals surface area contributed by atoms with E-state index < -0.39 is 25.9 Å². The lowest BCUT2D eigenvalue weighted by Gasteiger charge is -2.11. The van der Waals surface area contributed by atoms with Crippen LogP contribution in [-0.4, -0.2) is 28.0 Å². The highest BCUT2D eigenvalue weighted by Crippen LogP contribution is 2.44. The van der Waals surface area contributed by atoms with Crippen molar-refractivity contribution < 1.29 is 33.2 Å². The van der Waals surface area contributed by atoms with Gasteiger partial charge in [0.15, 0.2) is 0 Å². The van der Waals surface area contributed by atoms with Gasteiger partial charge in [0.2, 0.25) is 0 Å². The molecule has 0 aromatic carbocycles. The molecular weight excluding hydrogens is 251 g/mol. The molecule has 0 amide bonds. The van der Waals surface area contributed by atoms with Gasteiger partial charge in [-0.3, -0.25) is 4.89 Å². The van der Waals surface area contributed by atoms with E-state index in [4.69, 9.17) is 10.00 Å². The van der Waals surface area contributed by atoms with Crippen molar-refractivity contribution >= 4 is 19.8 Å². The van der Waals surface area contributed by atoms with Crippen LogP contribution in [0.5, 0.6) is 0 Å². The molecule has 0 aromatic rings. The third-order valence-electron chi connectivity index (χ3n) is 1.40. The third kappa shape index (κ3) is 6.68. The third-order valence-corrected chi connectivity index (χ3v) is 2.21. The van der Waals surface area contributed by atoms with Crippen LogP contribution < -0.4 is 0 Å². The van der Waals surface area contributed by atoms with Gasteiger partial charge in [0, 0.05) is 18.1 Å². The molecule has 0 aromatic heterocycles. The molecule has 0 saturated heterocycles. The minimum atomic E-state index is -4.83. The molecule has 0 fully saturated rings. The molecule has 2 atom stereocenters. The smallest absolute Gasteiger partial charge is 0.393 e. The molecule has 7 nitrogen and oxygen atoms in total. The summed E-state index contributed by atoms with van der Waals surface area (Å²) >= 11 is 0. The van der Waals surface area contributed by atoms with Gasteiger partial charge in [-0.25, -0.2) is 14.2 Å². The molecule has 0 rings (SSSR count). The summed E-state index contributed by atoms with van der Waals surface area (Å²) in [6, 6.07) is 0. The van der Waals surface area contributed by atoms with Crippen LogP contribution in [0.3, 0.4) is 0 Å². The Bertz CT molecular complexity index is 385. The first kappa shape index (κ1) is 15.6. The van der Waals surface area contributed by atoms with E-state index in [-0.39, 0.29) is 12.0 Å². The Labute approximate surface area is 98.0 Å². The second-order valence-corrected chi connectivity index (χ2v) is 4.42. The number of phosphoric ester groups is 1. The SMILES string of the molecule is C=CC(=O)OP(=O)(O)OC(=O)C(=C)CC(C)O. The summed E-state index contributed by atoms with van der Waals surface area (Å²) in [7, 11) is -4.83. The average Bonchev–Trinajstić information content (AvgIpc) is 2.14. The van der Waals surface area contributed by atoms with E-state index in [0.29, 0.717) is 6.08 Å². The van der Waals surface area contributed by atoms with Crippen LogP contribution in [-0.2, 0) is 23.2 Å². The van der Waals surface area contributed by atoms with E-state index in [9.17, 15) is 14.2 Å². The fourth-order valence-corrected chi connectivity index (χ4v) is 1.46. The Hall–Kier alpha value is -1.43. The molecule has 0 saturated carbocycles. The standard InChI is InChI=1S/C9H13O7P/c1-4-8(11)15-17(13,14)16-9(12)6(2)5-7(3)10/h4,7,10H,1-2,5H2,3H3,(H,13,14). The minimum Gasteiger partial charge on any atom is -0.393 e. The van der Waals surface area contributed by atoms with Crippen LogP contribution in [0.4, 0.5) is 0 Å². The van der Waals surface area contributed by atoms with Crippen LogP contribution in [0.1, 0.15) is 13.3 Å². The van der Waals surface area contributed by atoms with Crippen molar-refractivity contribution in [3.63, 3.8) is 0 Å². The number of phosphoric acid groups is 1. The maximum absolute atomic E-state index is 11.2. The van der Waals surface area contributed by atoms with Crippen LogP contribution in [0.2, 0.25) is 0 Å². The Morgan fingerprint density at radius 1 is 1.47 bits per heavy atom. The van der Waals surface area contributed by atoms with E-state index >= 15 is 0 Å². The molecule has 2 N–H and O–H groups in total. The van der Waals surface area contributed by atoms with Crippen LogP contribution in [0.15, 0.2) is 24.8 Å². The number of aliphatic hydroxyl groups excluding tert-OH is 1. The van der Waals surface area contributed by atoms with Crippen molar-refractivity contribution in [3.05, 3.63) is 24.8 Å². The maximum atomic E-state index is 11.2. The summed E-state index contributed by atoms with van der Waals surface area (Å²) < 4.78 is 19.1. The molecule has 0 aliphatic heterocycles. The lowest BCUT2D eigenvalue weighted by atomic mass is 10.1. The van der Waals surface area contributed by atoms with Crippen molar-refractivity contribution in [2.75, 3.05) is 0 Å². The Morgan fingerprint density at radius 3 is 2.41 bits per heavy atom. The molecule has 96 valence electrons. The molecule has 2 unspecified atom stereocenters. The normalized spacial score (nSPS) is 15.2. The molecule has 8 heteroatoms. The van der Waals surface area contributed by atoms with Crippen LogP contribution >= 0.6 is 7.82 Å². The van der Waals surface area contributed by atoms with Crippen molar-refractivity contribution in [2.24, 2.45) is 0 Å². The Balaban J connectivity index is 4.46. The van der Waals surface area contributed by atoms with Gasteiger partial charge < -0.3 is 14.2 Å². The monoisotopic (exact) mass is 264 g/mol. The van der Waals surface area contributed by atoms with Gasteiger partial charge in [0.05, 0.1) is 6.10 Å². The van der Waals surface area contributed by atoms with Crippen LogP contribution in [0, 0.1) is 0 Å². The maximum Gasteiger partial charge on any atom is 0.589 e. The Morgan fingerprint density at radius 2 is 2.00 bits per heavy atom. The predicted octanol–water partition coefficient (Wildman–Crippen LogP) is 0.686. The van der Waals surface area contributed by atoms with Crippen molar-refractivity contribution in [2.45, 2.75) is 19.4 Å². The van der Waals surface area contributed by atoms with Gasteiger partial charge in [-0.05, 0) is 6.92 Å². The van der Waals surface area contributed by atoms with E-state index in [1.165, 1.54) is 6.92 Å². The second-order valence-electron chi connectivity index (χ2n) is 3.12. The summed E-state index contributed by atoms with van der Waals surface area (Å²) in [5.74, 6) is -2.43.